The normalized spacial score (nSPS) is 18.5. The van der Waals surface area contributed by atoms with Gasteiger partial charge in [0, 0.05) is 0 Å². The van der Waals surface area contributed by atoms with E-state index in [9.17, 15) is 4.79 Å². The lowest BCUT2D eigenvalue weighted by molar-refractivity contribution is -0.121. The third kappa shape index (κ3) is 0.900. The highest BCUT2D eigenvalue weighted by molar-refractivity contribution is 5.77. The van der Waals surface area contributed by atoms with Crippen molar-refractivity contribution in [3.05, 3.63) is 12.0 Å². The summed E-state index contributed by atoms with van der Waals surface area (Å²) < 4.78 is 0. The topological polar surface area (TPSA) is 61.4 Å². The van der Waals surface area contributed by atoms with Crippen molar-refractivity contribution in [2.75, 3.05) is 0 Å². The Morgan fingerprint density at radius 3 is 2.75 bits per heavy atom. The number of hydrazine groups is 1. The number of hydrogen-bond donors (Lipinski definition) is 3. The van der Waals surface area contributed by atoms with Crippen LogP contribution in [-0.4, -0.2) is 11.0 Å². The fraction of sp³-hybridized carbons (Fsp3) is 0.250. The number of carbonyl (C=O) groups is 1. The molecule has 8 heavy (non-hydrogen) atoms. The van der Waals surface area contributed by atoms with Gasteiger partial charge in [-0.1, -0.05) is 0 Å². The Morgan fingerprint density at radius 2 is 2.38 bits per heavy atom. The molecule has 0 aliphatic carbocycles. The van der Waals surface area contributed by atoms with Crippen molar-refractivity contribution in [2.24, 2.45) is 0 Å². The van der Waals surface area contributed by atoms with Crippen LogP contribution >= 0.6 is 0 Å². The molecule has 0 saturated heterocycles. The summed E-state index contributed by atoms with van der Waals surface area (Å²) in [5, 5.41) is 8.56. The van der Waals surface area contributed by atoms with Gasteiger partial charge in [0.15, 0.2) is 5.88 Å². The molecule has 4 nitrogen and oxygen atoms in total. The van der Waals surface area contributed by atoms with E-state index < -0.39 is 0 Å². The summed E-state index contributed by atoms with van der Waals surface area (Å²) in [7, 11) is 0. The number of amides is 1. The van der Waals surface area contributed by atoms with Gasteiger partial charge in [0.1, 0.15) is 0 Å². The molecule has 0 radical (unpaired) electrons. The number of carbonyl (C=O) groups excluding carboxylic acids is 1. The summed E-state index contributed by atoms with van der Waals surface area (Å²) in [6, 6.07) is 0. The lowest BCUT2D eigenvalue weighted by atomic mass is 10.4. The van der Waals surface area contributed by atoms with E-state index in [1.54, 1.807) is 0 Å². The van der Waals surface area contributed by atoms with Crippen molar-refractivity contribution in [3.63, 3.8) is 0 Å². The third-order valence-corrected chi connectivity index (χ3v) is 0.811. The molecule has 0 bridgehead atoms. The molecule has 44 valence electrons. The van der Waals surface area contributed by atoms with Gasteiger partial charge in [-0.3, -0.25) is 15.6 Å². The van der Waals surface area contributed by atoms with E-state index in [4.69, 9.17) is 5.11 Å². The summed E-state index contributed by atoms with van der Waals surface area (Å²) in [6.45, 7) is 0. The lowest BCUT2D eigenvalue weighted by Crippen LogP contribution is -2.39. The van der Waals surface area contributed by atoms with Crippen LogP contribution in [0, 0.1) is 0 Å². The van der Waals surface area contributed by atoms with E-state index >= 15 is 0 Å². The van der Waals surface area contributed by atoms with Crippen LogP contribution in [0.1, 0.15) is 6.42 Å². The fourth-order valence-corrected chi connectivity index (χ4v) is 0.425. The second-order valence-corrected chi connectivity index (χ2v) is 1.47. The van der Waals surface area contributed by atoms with E-state index in [-0.39, 0.29) is 18.2 Å². The smallest absolute Gasteiger partial charge is 0.242 e. The second-order valence-electron chi connectivity index (χ2n) is 1.47. The predicted octanol–water partition coefficient (Wildman–Crippen LogP) is -0.590. The van der Waals surface area contributed by atoms with Crippen LogP contribution in [0.4, 0.5) is 0 Å². The van der Waals surface area contributed by atoms with Crippen LogP contribution in [0.15, 0.2) is 12.0 Å². The molecular formula is C4H6N2O2. The zero-order valence-corrected chi connectivity index (χ0v) is 4.14. The molecule has 1 rings (SSSR count). The van der Waals surface area contributed by atoms with Crippen molar-refractivity contribution in [1.82, 2.24) is 10.9 Å². The number of rotatable bonds is 0. The number of aliphatic hydroxyl groups is 1. The maximum atomic E-state index is 10.3. The van der Waals surface area contributed by atoms with Gasteiger partial charge in [0.05, 0.1) is 6.42 Å². The summed E-state index contributed by atoms with van der Waals surface area (Å²) >= 11 is 0. The first kappa shape index (κ1) is 4.96. The van der Waals surface area contributed by atoms with Gasteiger partial charge in [-0.25, -0.2) is 0 Å². The highest BCUT2D eigenvalue weighted by Gasteiger charge is 2.04. The Balaban J connectivity index is 2.55. The molecule has 0 fully saturated rings. The highest BCUT2D eigenvalue weighted by atomic mass is 16.3. The molecule has 0 unspecified atom stereocenters. The largest absolute Gasteiger partial charge is 0.494 e. The van der Waals surface area contributed by atoms with Crippen LogP contribution in [0.5, 0.6) is 0 Å². The van der Waals surface area contributed by atoms with Gasteiger partial charge in [-0.05, 0) is 6.08 Å². The summed E-state index contributed by atoms with van der Waals surface area (Å²) in [4.78, 5) is 10.3. The van der Waals surface area contributed by atoms with Crippen LogP contribution in [0.3, 0.4) is 0 Å². The van der Waals surface area contributed by atoms with Crippen molar-refractivity contribution >= 4 is 5.91 Å². The molecule has 0 atom stereocenters. The average molecular weight is 114 g/mol. The molecule has 0 aromatic carbocycles. The molecule has 0 aromatic rings. The zero-order valence-electron chi connectivity index (χ0n) is 4.14. The molecule has 0 aromatic heterocycles. The van der Waals surface area contributed by atoms with Gasteiger partial charge in [0.2, 0.25) is 5.91 Å². The maximum Gasteiger partial charge on any atom is 0.242 e. The molecule has 4 heteroatoms. The summed E-state index contributed by atoms with van der Waals surface area (Å²) in [6.07, 6.45) is 1.65. The van der Waals surface area contributed by atoms with Crippen molar-refractivity contribution in [3.8, 4) is 0 Å². The van der Waals surface area contributed by atoms with Gasteiger partial charge in [0.25, 0.3) is 0 Å². The molecule has 0 saturated carbocycles. The first-order chi connectivity index (χ1) is 3.79. The minimum atomic E-state index is -0.136. The highest BCUT2D eigenvalue weighted by Crippen LogP contribution is 1.90. The Hall–Kier alpha value is -1.19. The van der Waals surface area contributed by atoms with E-state index in [1.165, 1.54) is 6.08 Å². The Bertz CT molecular complexity index is 141. The zero-order chi connectivity index (χ0) is 5.98. The SMILES string of the molecule is O=C1CC=C(O)NN1. The van der Waals surface area contributed by atoms with Crippen LogP contribution in [0.2, 0.25) is 0 Å². The summed E-state index contributed by atoms with van der Waals surface area (Å²) in [5.41, 5.74) is 4.47. The van der Waals surface area contributed by atoms with E-state index in [1.807, 2.05) is 0 Å². The molecule has 1 aliphatic rings. The van der Waals surface area contributed by atoms with Gasteiger partial charge in [-0.15, -0.1) is 0 Å². The third-order valence-electron chi connectivity index (χ3n) is 0.811. The van der Waals surface area contributed by atoms with E-state index in [2.05, 4.69) is 10.9 Å². The lowest BCUT2D eigenvalue weighted by Gasteiger charge is -2.10. The minimum absolute atomic E-state index is 0.00426. The van der Waals surface area contributed by atoms with Gasteiger partial charge < -0.3 is 5.11 Å². The number of aliphatic hydroxyl groups excluding tert-OH is 1. The second kappa shape index (κ2) is 1.73. The Kier molecular flexibility index (Phi) is 1.07. The van der Waals surface area contributed by atoms with Gasteiger partial charge >= 0.3 is 0 Å². The quantitative estimate of drug-likeness (QED) is 0.394. The summed E-state index contributed by atoms with van der Waals surface area (Å²) in [5.74, 6) is -0.132. The molecule has 1 aliphatic heterocycles. The monoisotopic (exact) mass is 114 g/mol. The minimum Gasteiger partial charge on any atom is -0.494 e. The molecule has 3 N–H and O–H groups in total. The first-order valence-corrected chi connectivity index (χ1v) is 2.23. The van der Waals surface area contributed by atoms with Crippen LogP contribution in [-0.2, 0) is 4.79 Å². The first-order valence-electron chi connectivity index (χ1n) is 2.23. The molecule has 1 amide bonds. The van der Waals surface area contributed by atoms with E-state index in [0.717, 1.165) is 0 Å². The molecule has 1 heterocycles. The van der Waals surface area contributed by atoms with Crippen molar-refractivity contribution in [1.29, 1.82) is 0 Å². The van der Waals surface area contributed by atoms with Crippen molar-refractivity contribution in [2.45, 2.75) is 6.42 Å². The van der Waals surface area contributed by atoms with Crippen LogP contribution < -0.4 is 10.9 Å². The molecule has 0 spiro atoms. The Morgan fingerprint density at radius 1 is 1.62 bits per heavy atom. The van der Waals surface area contributed by atoms with E-state index in [0.29, 0.717) is 0 Å². The van der Waals surface area contributed by atoms with Crippen LogP contribution in [0.25, 0.3) is 0 Å². The predicted molar refractivity (Wildman–Crippen MR) is 26.6 cm³/mol. The maximum absolute atomic E-state index is 10.3. The number of hydrogen-bond acceptors (Lipinski definition) is 3. The fourth-order valence-electron chi connectivity index (χ4n) is 0.425. The van der Waals surface area contributed by atoms with Crippen molar-refractivity contribution < 1.29 is 9.90 Å². The number of nitrogens with one attached hydrogen (secondary N) is 2. The molecular weight excluding hydrogens is 108 g/mol. The Labute approximate surface area is 46.2 Å². The average Bonchev–Trinajstić information content (AvgIpc) is 1.77. The standard InChI is InChI=1S/C4H6N2O2/c7-3-1-2-4(8)6-5-3/h1,5,7H,2H2,(H,6,8). The van der Waals surface area contributed by atoms with Gasteiger partial charge in [-0.2, -0.15) is 0 Å².